The lowest BCUT2D eigenvalue weighted by Crippen LogP contribution is -2.36. The van der Waals surface area contributed by atoms with Crippen molar-refractivity contribution in [2.45, 2.75) is 46.5 Å². The van der Waals surface area contributed by atoms with E-state index in [1.165, 1.54) is 29.1 Å². The molecule has 0 unspecified atom stereocenters. The van der Waals surface area contributed by atoms with Crippen molar-refractivity contribution in [3.05, 3.63) is 74.0 Å². The lowest BCUT2D eigenvalue weighted by Gasteiger charge is -2.13. The zero-order valence-corrected chi connectivity index (χ0v) is 24.0. The van der Waals surface area contributed by atoms with Crippen LogP contribution in [0.5, 0.6) is 0 Å². The summed E-state index contributed by atoms with van der Waals surface area (Å²) in [5, 5.41) is 2.83. The van der Waals surface area contributed by atoms with E-state index >= 15 is 0 Å². The van der Waals surface area contributed by atoms with Crippen molar-refractivity contribution in [3.8, 4) is 5.00 Å². The van der Waals surface area contributed by atoms with Crippen molar-refractivity contribution in [2.24, 2.45) is 0 Å². The molecule has 208 valence electrons. The highest BCUT2D eigenvalue weighted by atomic mass is 32.2. The van der Waals surface area contributed by atoms with Gasteiger partial charge in [-0.3, -0.25) is 19.3 Å². The monoisotopic (exact) mass is 581 g/mol. The van der Waals surface area contributed by atoms with Gasteiger partial charge >= 0.3 is 5.97 Å². The Kier molecular flexibility index (Phi) is 7.95. The van der Waals surface area contributed by atoms with Crippen LogP contribution < -0.4 is 5.32 Å². The summed E-state index contributed by atoms with van der Waals surface area (Å²) >= 11 is 2.38. The van der Waals surface area contributed by atoms with Crippen LogP contribution in [0.25, 0.3) is 11.1 Å². The van der Waals surface area contributed by atoms with E-state index in [2.05, 4.69) is 5.32 Å². The SMILES string of the molecule is CCOC(=O)c1c(-n2c(C)cc(/C=C3\SC(=O)N(CC(=O)Nc4ccc(F)cc4)C3=O)c2C)sc2c1CCCC2. The van der Waals surface area contributed by atoms with Crippen molar-refractivity contribution in [1.29, 1.82) is 0 Å². The van der Waals surface area contributed by atoms with Crippen molar-refractivity contribution >= 4 is 57.9 Å². The van der Waals surface area contributed by atoms with Crippen LogP contribution in [-0.4, -0.2) is 45.6 Å². The molecule has 0 bridgehead atoms. The maximum atomic E-state index is 13.1. The van der Waals surface area contributed by atoms with Gasteiger partial charge < -0.3 is 14.6 Å². The number of imide groups is 1. The number of amides is 3. The highest BCUT2D eigenvalue weighted by Gasteiger charge is 2.37. The zero-order valence-electron chi connectivity index (χ0n) is 22.3. The van der Waals surface area contributed by atoms with Gasteiger partial charge in [0.05, 0.1) is 17.1 Å². The predicted octanol–water partition coefficient (Wildman–Crippen LogP) is 6.03. The molecule has 40 heavy (non-hydrogen) atoms. The van der Waals surface area contributed by atoms with Gasteiger partial charge in [0.1, 0.15) is 17.4 Å². The summed E-state index contributed by atoms with van der Waals surface area (Å²) in [5.74, 6) is -1.90. The molecule has 0 radical (unpaired) electrons. The van der Waals surface area contributed by atoms with E-state index < -0.39 is 29.4 Å². The number of nitrogens with one attached hydrogen (secondary N) is 1. The Morgan fingerprint density at radius 1 is 1.12 bits per heavy atom. The van der Waals surface area contributed by atoms with Crippen LogP contribution in [0.1, 0.15) is 57.5 Å². The lowest BCUT2D eigenvalue weighted by molar-refractivity contribution is -0.127. The van der Waals surface area contributed by atoms with Crippen molar-refractivity contribution in [2.75, 3.05) is 18.5 Å². The first kappa shape index (κ1) is 27.9. The summed E-state index contributed by atoms with van der Waals surface area (Å²) in [4.78, 5) is 53.5. The summed E-state index contributed by atoms with van der Waals surface area (Å²) in [6.07, 6.45) is 5.54. The molecule has 3 aromatic rings. The Morgan fingerprint density at radius 2 is 1.85 bits per heavy atom. The molecule has 1 fully saturated rings. The van der Waals surface area contributed by atoms with Crippen LogP contribution in [0.2, 0.25) is 0 Å². The molecule has 1 N–H and O–H groups in total. The maximum Gasteiger partial charge on any atom is 0.341 e. The largest absolute Gasteiger partial charge is 0.462 e. The molecule has 0 spiro atoms. The molecule has 1 aliphatic heterocycles. The number of carbonyl (C=O) groups excluding carboxylic acids is 4. The van der Waals surface area contributed by atoms with Crippen molar-refractivity contribution < 1.29 is 28.3 Å². The second-order valence-electron chi connectivity index (χ2n) is 9.60. The third kappa shape index (κ3) is 5.35. The summed E-state index contributed by atoms with van der Waals surface area (Å²) in [6.45, 7) is 5.47. The van der Waals surface area contributed by atoms with Crippen LogP contribution >= 0.6 is 23.1 Å². The quantitative estimate of drug-likeness (QED) is 0.271. The summed E-state index contributed by atoms with van der Waals surface area (Å²) < 4.78 is 20.6. The number of rotatable bonds is 7. The Bertz CT molecular complexity index is 1550. The van der Waals surface area contributed by atoms with E-state index in [-0.39, 0.29) is 17.5 Å². The molecular formula is C29H28FN3O5S2. The highest BCUT2D eigenvalue weighted by Crippen LogP contribution is 2.40. The Balaban J connectivity index is 1.41. The van der Waals surface area contributed by atoms with Gasteiger partial charge in [-0.15, -0.1) is 11.3 Å². The van der Waals surface area contributed by atoms with Crippen LogP contribution in [-0.2, 0) is 27.2 Å². The first-order valence-electron chi connectivity index (χ1n) is 13.0. The van der Waals surface area contributed by atoms with Crippen molar-refractivity contribution in [3.63, 3.8) is 0 Å². The third-order valence-corrected chi connectivity index (χ3v) is 9.08. The number of nitrogens with zero attached hydrogens (tertiary/aromatic N) is 2. The molecule has 0 saturated carbocycles. The predicted molar refractivity (Wildman–Crippen MR) is 153 cm³/mol. The molecule has 2 aliphatic rings. The Morgan fingerprint density at radius 3 is 2.58 bits per heavy atom. The highest BCUT2D eigenvalue weighted by molar-refractivity contribution is 8.18. The first-order valence-corrected chi connectivity index (χ1v) is 14.6. The van der Waals surface area contributed by atoms with Gasteiger partial charge in [0.25, 0.3) is 11.1 Å². The van der Waals surface area contributed by atoms with Gasteiger partial charge in [0.15, 0.2) is 0 Å². The molecular weight excluding hydrogens is 553 g/mol. The number of fused-ring (bicyclic) bond motifs is 1. The van der Waals surface area contributed by atoms with Gasteiger partial charge in [-0.25, -0.2) is 9.18 Å². The Labute approximate surface area is 239 Å². The molecule has 8 nitrogen and oxygen atoms in total. The van der Waals surface area contributed by atoms with Crippen LogP contribution in [0.4, 0.5) is 14.9 Å². The third-order valence-electron chi connectivity index (χ3n) is 6.90. The van der Waals surface area contributed by atoms with Crippen LogP contribution in [0.15, 0.2) is 35.2 Å². The number of aryl methyl sites for hydroxylation is 2. The van der Waals surface area contributed by atoms with E-state index in [9.17, 15) is 23.6 Å². The number of halogens is 1. The second kappa shape index (κ2) is 11.4. The summed E-state index contributed by atoms with van der Waals surface area (Å²) in [7, 11) is 0. The second-order valence-corrected chi connectivity index (χ2v) is 11.7. The van der Waals surface area contributed by atoms with Gasteiger partial charge in [-0.05, 0) is 106 Å². The normalized spacial score (nSPS) is 16.0. The van der Waals surface area contributed by atoms with Gasteiger partial charge in [-0.1, -0.05) is 0 Å². The standard InChI is InChI=1S/C29H28FN3O5S2/c1-4-38-28(36)25-21-7-5-6-8-22(21)39-27(25)33-16(2)13-18(17(33)3)14-23-26(35)32(29(37)40-23)15-24(34)31-20-11-9-19(30)10-12-20/h9-14H,4-8,15H2,1-3H3,(H,31,34)/b23-14-. The van der Waals surface area contributed by atoms with E-state index in [0.717, 1.165) is 69.9 Å². The lowest BCUT2D eigenvalue weighted by atomic mass is 9.95. The zero-order chi connectivity index (χ0) is 28.6. The topological polar surface area (TPSA) is 97.7 Å². The molecule has 5 rings (SSSR count). The fourth-order valence-electron chi connectivity index (χ4n) is 5.02. The van der Waals surface area contributed by atoms with Gasteiger partial charge in [0.2, 0.25) is 5.91 Å². The number of benzene rings is 1. The summed E-state index contributed by atoms with van der Waals surface area (Å²) in [6, 6.07) is 7.12. The van der Waals surface area contributed by atoms with Gasteiger partial charge in [0, 0.05) is 22.0 Å². The number of ether oxygens (including phenoxy) is 1. The van der Waals surface area contributed by atoms with E-state index in [1.54, 1.807) is 24.3 Å². The number of hydrogen-bond acceptors (Lipinski definition) is 7. The smallest absolute Gasteiger partial charge is 0.341 e. The van der Waals surface area contributed by atoms with Gasteiger partial charge in [-0.2, -0.15) is 0 Å². The minimum Gasteiger partial charge on any atom is -0.462 e. The number of anilines is 1. The first-order chi connectivity index (χ1) is 19.2. The molecule has 1 aliphatic carbocycles. The molecule has 0 atom stereocenters. The van der Waals surface area contributed by atoms with E-state index in [4.69, 9.17) is 4.74 Å². The number of esters is 1. The number of carbonyl (C=O) groups is 4. The molecule has 3 heterocycles. The number of aromatic nitrogens is 1. The average Bonchev–Trinajstić information content (AvgIpc) is 3.52. The molecule has 2 aromatic heterocycles. The van der Waals surface area contributed by atoms with Crippen LogP contribution in [0.3, 0.4) is 0 Å². The molecule has 1 aromatic carbocycles. The minimum atomic E-state index is -0.568. The molecule has 11 heteroatoms. The maximum absolute atomic E-state index is 13.1. The Hall–Kier alpha value is -3.70. The average molecular weight is 582 g/mol. The van der Waals surface area contributed by atoms with E-state index in [0.29, 0.717) is 11.3 Å². The van der Waals surface area contributed by atoms with Crippen molar-refractivity contribution in [1.82, 2.24) is 9.47 Å². The fraction of sp³-hybridized carbons (Fsp3) is 0.310. The number of thioether (sulfide) groups is 1. The minimum absolute atomic E-state index is 0.205. The molecule has 1 saturated heterocycles. The molecule has 3 amide bonds. The summed E-state index contributed by atoms with van der Waals surface area (Å²) in [5.41, 5.74) is 4.48. The number of thiophene rings is 1. The van der Waals surface area contributed by atoms with Crippen LogP contribution in [0, 0.1) is 19.7 Å². The fourth-order valence-corrected chi connectivity index (χ4v) is 7.34. The number of hydrogen-bond donors (Lipinski definition) is 1. The van der Waals surface area contributed by atoms with E-state index in [1.807, 2.05) is 24.5 Å².